The van der Waals surface area contributed by atoms with Crippen molar-refractivity contribution >= 4 is 5.97 Å². The van der Waals surface area contributed by atoms with Gasteiger partial charge in [-0.2, -0.15) is 13.2 Å². The normalized spacial score (nSPS) is 11.8. The molecule has 2 rings (SSSR count). The summed E-state index contributed by atoms with van der Waals surface area (Å²) in [6.45, 7) is 1.63. The van der Waals surface area contributed by atoms with Gasteiger partial charge in [0.15, 0.2) is 0 Å². The Morgan fingerprint density at radius 2 is 1.40 bits per heavy atom. The maximum atomic E-state index is 12.5. The Morgan fingerprint density at radius 3 is 1.84 bits per heavy atom. The van der Waals surface area contributed by atoms with Gasteiger partial charge in [0.1, 0.15) is 17.2 Å². The summed E-state index contributed by atoms with van der Waals surface area (Å²) in [5, 5.41) is 0. The third-order valence-electron chi connectivity index (χ3n) is 3.12. The number of carbonyl (C=O) groups excluding carboxylic acids is 1. The lowest BCUT2D eigenvalue weighted by Crippen LogP contribution is -2.10. The number of hydrogen-bond donors (Lipinski definition) is 0. The molecule has 2 aromatic rings. The van der Waals surface area contributed by atoms with Crippen LogP contribution in [0.5, 0.6) is 17.2 Å². The van der Waals surface area contributed by atoms with Crippen LogP contribution in [0.2, 0.25) is 0 Å². The van der Waals surface area contributed by atoms with Crippen molar-refractivity contribution < 1.29 is 32.2 Å². The number of benzene rings is 2. The molecule has 0 aliphatic rings. The van der Waals surface area contributed by atoms with Crippen LogP contribution in [0.3, 0.4) is 0 Å². The van der Waals surface area contributed by atoms with Crippen LogP contribution >= 0.6 is 0 Å². The number of methoxy groups -OCH3 is 1. The molecule has 0 fully saturated rings. The van der Waals surface area contributed by atoms with Crippen molar-refractivity contribution in [3.05, 3.63) is 65.9 Å². The highest BCUT2D eigenvalue weighted by Crippen LogP contribution is 2.31. The zero-order valence-corrected chi connectivity index (χ0v) is 13.5. The Balaban J connectivity index is 2.04. The zero-order valence-electron chi connectivity index (χ0n) is 13.5. The maximum Gasteiger partial charge on any atom is 0.416 e. The number of hydrogen-bond acceptors (Lipinski definition) is 4. The molecular formula is C18H15F3O4. The summed E-state index contributed by atoms with van der Waals surface area (Å²) in [5.74, 6) is 0.502. The first-order chi connectivity index (χ1) is 11.8. The van der Waals surface area contributed by atoms with Crippen LogP contribution in [0.15, 0.2) is 60.4 Å². The van der Waals surface area contributed by atoms with Crippen molar-refractivity contribution in [2.24, 2.45) is 0 Å². The van der Waals surface area contributed by atoms with Crippen molar-refractivity contribution in [2.45, 2.75) is 13.1 Å². The summed E-state index contributed by atoms with van der Waals surface area (Å²) in [4.78, 5) is 11.4. The fourth-order valence-corrected chi connectivity index (χ4v) is 1.87. The fourth-order valence-electron chi connectivity index (χ4n) is 1.87. The molecule has 0 spiro atoms. The molecule has 0 aliphatic heterocycles. The van der Waals surface area contributed by atoms with Gasteiger partial charge in [0.05, 0.1) is 12.7 Å². The van der Waals surface area contributed by atoms with Crippen LogP contribution in [-0.2, 0) is 15.7 Å². The molecule has 0 aromatic heterocycles. The first kappa shape index (κ1) is 18.4. The van der Waals surface area contributed by atoms with Gasteiger partial charge in [-0.25, -0.2) is 4.79 Å². The Labute approximate surface area is 142 Å². The Morgan fingerprint density at radius 1 is 0.920 bits per heavy atom. The second-order valence-corrected chi connectivity index (χ2v) is 4.84. The molecule has 0 aliphatic carbocycles. The minimum absolute atomic E-state index is 0.0407. The van der Waals surface area contributed by atoms with Gasteiger partial charge in [-0.05, 0) is 61.5 Å². The van der Waals surface area contributed by atoms with Crippen LogP contribution in [0.1, 0.15) is 12.5 Å². The summed E-state index contributed by atoms with van der Waals surface area (Å²) in [5.41, 5.74) is -0.745. The van der Waals surface area contributed by atoms with Gasteiger partial charge >= 0.3 is 12.1 Å². The highest BCUT2D eigenvalue weighted by atomic mass is 19.4. The Hall–Kier alpha value is -2.96. The molecule has 0 saturated carbocycles. The number of carbonyl (C=O) groups is 1. The zero-order chi connectivity index (χ0) is 18.4. The summed E-state index contributed by atoms with van der Waals surface area (Å²) in [7, 11) is 1.25. The summed E-state index contributed by atoms with van der Waals surface area (Å²) >= 11 is 0. The van der Waals surface area contributed by atoms with E-state index < -0.39 is 17.7 Å². The number of halogens is 3. The minimum atomic E-state index is -4.39. The number of allylic oxidation sites excluding steroid dienone is 1. The monoisotopic (exact) mass is 352 g/mol. The first-order valence-corrected chi connectivity index (χ1v) is 7.21. The van der Waals surface area contributed by atoms with Crippen LogP contribution < -0.4 is 9.47 Å². The molecule has 0 radical (unpaired) electrons. The highest BCUT2D eigenvalue weighted by molar-refractivity contribution is 5.86. The average Bonchev–Trinajstić information content (AvgIpc) is 2.60. The van der Waals surface area contributed by atoms with Gasteiger partial charge in [-0.15, -0.1) is 0 Å². The second kappa shape index (κ2) is 7.74. The summed E-state index contributed by atoms with van der Waals surface area (Å²) < 4.78 is 53.0. The van der Waals surface area contributed by atoms with Crippen LogP contribution in [-0.4, -0.2) is 13.1 Å². The number of rotatable bonds is 5. The summed E-state index contributed by atoms with van der Waals surface area (Å²) in [6, 6.07) is 10.6. The lowest BCUT2D eigenvalue weighted by molar-refractivity contribution is -0.139. The van der Waals surface area contributed by atoms with Crippen molar-refractivity contribution in [1.82, 2.24) is 0 Å². The molecule has 0 amide bonds. The molecule has 0 saturated heterocycles. The van der Waals surface area contributed by atoms with E-state index in [2.05, 4.69) is 4.74 Å². The third-order valence-corrected chi connectivity index (χ3v) is 3.12. The molecule has 0 unspecified atom stereocenters. The standard InChI is InChI=1S/C18H15F3O4/c1-3-16(17(22)23-2)25-15-10-8-14(9-11-15)24-13-6-4-12(5-7-13)18(19,20)21/h3-11H,1-2H3/b16-3-. The molecule has 4 nitrogen and oxygen atoms in total. The molecule has 2 aromatic carbocycles. The second-order valence-electron chi connectivity index (χ2n) is 4.84. The van der Waals surface area contributed by atoms with E-state index in [0.29, 0.717) is 11.5 Å². The van der Waals surface area contributed by atoms with E-state index in [1.807, 2.05) is 0 Å². The van der Waals surface area contributed by atoms with Crippen molar-refractivity contribution in [3.63, 3.8) is 0 Å². The Kier molecular flexibility index (Phi) is 5.69. The largest absolute Gasteiger partial charge is 0.463 e. The number of ether oxygens (including phenoxy) is 3. The predicted octanol–water partition coefficient (Wildman–Crippen LogP) is 4.95. The van der Waals surface area contributed by atoms with Gasteiger partial charge in [0.25, 0.3) is 0 Å². The van der Waals surface area contributed by atoms with Crippen molar-refractivity contribution in [3.8, 4) is 17.2 Å². The quantitative estimate of drug-likeness (QED) is 0.434. The smallest absolute Gasteiger partial charge is 0.416 e. The van der Waals surface area contributed by atoms with Crippen LogP contribution in [0, 0.1) is 0 Å². The molecule has 25 heavy (non-hydrogen) atoms. The van der Waals surface area contributed by atoms with Crippen molar-refractivity contribution in [1.29, 1.82) is 0 Å². The summed E-state index contributed by atoms with van der Waals surface area (Å²) in [6.07, 6.45) is -2.92. The maximum absolute atomic E-state index is 12.5. The number of esters is 1. The SMILES string of the molecule is C/C=C(\Oc1ccc(Oc2ccc(C(F)(F)F)cc2)cc1)C(=O)OC. The van der Waals surface area contributed by atoms with E-state index in [1.54, 1.807) is 31.2 Å². The van der Waals surface area contributed by atoms with Gasteiger partial charge in [-0.1, -0.05) is 0 Å². The van der Waals surface area contributed by atoms with E-state index in [-0.39, 0.29) is 11.5 Å². The van der Waals surface area contributed by atoms with Crippen molar-refractivity contribution in [2.75, 3.05) is 7.11 Å². The average molecular weight is 352 g/mol. The lowest BCUT2D eigenvalue weighted by Gasteiger charge is -2.10. The minimum Gasteiger partial charge on any atom is -0.463 e. The van der Waals surface area contributed by atoms with Gasteiger partial charge in [0, 0.05) is 0 Å². The molecular weight excluding hydrogens is 337 g/mol. The fraction of sp³-hybridized carbons (Fsp3) is 0.167. The molecule has 0 bridgehead atoms. The van der Waals surface area contributed by atoms with E-state index in [0.717, 1.165) is 12.1 Å². The molecule has 0 N–H and O–H groups in total. The Bertz CT molecular complexity index is 747. The molecule has 7 heteroatoms. The van der Waals surface area contributed by atoms with Gasteiger partial charge < -0.3 is 14.2 Å². The molecule has 132 valence electrons. The van der Waals surface area contributed by atoms with E-state index in [9.17, 15) is 18.0 Å². The van der Waals surface area contributed by atoms with E-state index in [1.165, 1.54) is 25.3 Å². The third kappa shape index (κ3) is 5.00. The topological polar surface area (TPSA) is 44.8 Å². The van der Waals surface area contributed by atoms with Crippen LogP contribution in [0.4, 0.5) is 13.2 Å². The van der Waals surface area contributed by atoms with Gasteiger partial charge in [0.2, 0.25) is 5.76 Å². The predicted molar refractivity (Wildman–Crippen MR) is 84.4 cm³/mol. The lowest BCUT2D eigenvalue weighted by atomic mass is 10.2. The number of alkyl halides is 3. The molecule has 0 atom stereocenters. The van der Waals surface area contributed by atoms with Crippen LogP contribution in [0.25, 0.3) is 0 Å². The first-order valence-electron chi connectivity index (χ1n) is 7.21. The van der Waals surface area contributed by atoms with Gasteiger partial charge in [-0.3, -0.25) is 0 Å². The van der Waals surface area contributed by atoms with E-state index >= 15 is 0 Å². The highest BCUT2D eigenvalue weighted by Gasteiger charge is 2.30. The van der Waals surface area contributed by atoms with E-state index in [4.69, 9.17) is 9.47 Å². The molecule has 0 heterocycles.